The molecule has 0 radical (unpaired) electrons. The lowest BCUT2D eigenvalue weighted by molar-refractivity contribution is 0.483. The molecule has 2 aromatic carbocycles. The summed E-state index contributed by atoms with van der Waals surface area (Å²) in [6.07, 6.45) is 2.88. The summed E-state index contributed by atoms with van der Waals surface area (Å²) in [6, 6.07) is 13.7. The Labute approximate surface area is 167 Å². The quantitative estimate of drug-likeness (QED) is 0.662. The van der Waals surface area contributed by atoms with Crippen LogP contribution in [0.4, 0.5) is 0 Å². The Morgan fingerprint density at radius 2 is 1.74 bits per heavy atom. The number of benzene rings is 2. The maximum Gasteiger partial charge on any atom is 0.267 e. The molecular formula is C19H12Cl2N2O3S. The molecule has 3 rings (SSSR count). The van der Waals surface area contributed by atoms with Crippen LogP contribution in [0.2, 0.25) is 10.0 Å². The average Bonchev–Trinajstić information content (AvgIpc) is 2.65. The first-order valence-corrected chi connectivity index (χ1v) is 9.94. The van der Waals surface area contributed by atoms with Crippen LogP contribution in [0.3, 0.4) is 0 Å². The minimum absolute atomic E-state index is 0.149. The van der Waals surface area contributed by atoms with Crippen molar-refractivity contribution in [3.8, 4) is 28.7 Å². The van der Waals surface area contributed by atoms with Crippen molar-refractivity contribution in [2.45, 2.75) is 4.90 Å². The van der Waals surface area contributed by atoms with Gasteiger partial charge in [0, 0.05) is 24.1 Å². The van der Waals surface area contributed by atoms with E-state index in [1.165, 1.54) is 12.5 Å². The lowest BCUT2D eigenvalue weighted by Crippen LogP contribution is -2.14. The van der Waals surface area contributed by atoms with Crippen LogP contribution in [0.5, 0.6) is 11.5 Å². The predicted octanol–water partition coefficient (Wildman–Crippen LogP) is 4.75. The first-order chi connectivity index (χ1) is 12.9. The minimum Gasteiger partial charge on any atom is -0.457 e. The number of H-pyrrole nitrogens is 1. The fraction of sp³-hybridized carbons (Fsp3) is 0.0526. The normalized spacial score (nSPS) is 11.6. The van der Waals surface area contributed by atoms with Gasteiger partial charge in [0.05, 0.1) is 25.7 Å². The van der Waals surface area contributed by atoms with Crippen LogP contribution in [0.1, 0.15) is 5.56 Å². The Morgan fingerprint density at radius 1 is 1.07 bits per heavy atom. The van der Waals surface area contributed by atoms with Crippen molar-refractivity contribution in [2.24, 2.45) is 0 Å². The molecule has 0 saturated heterocycles. The minimum atomic E-state index is -1.51. The summed E-state index contributed by atoms with van der Waals surface area (Å²) < 4.78 is 17.8. The summed E-state index contributed by atoms with van der Waals surface area (Å²) >= 11 is 11.9. The highest BCUT2D eigenvalue weighted by Crippen LogP contribution is 2.32. The summed E-state index contributed by atoms with van der Waals surface area (Å²) in [4.78, 5) is 14.5. The van der Waals surface area contributed by atoms with Crippen LogP contribution in [0.25, 0.3) is 11.1 Å². The van der Waals surface area contributed by atoms with E-state index in [4.69, 9.17) is 27.9 Å². The number of rotatable bonds is 4. The molecule has 1 heterocycles. The molecule has 1 atom stereocenters. The molecule has 3 aromatic rings. The van der Waals surface area contributed by atoms with Gasteiger partial charge in [-0.1, -0.05) is 35.3 Å². The predicted molar refractivity (Wildman–Crippen MR) is 106 cm³/mol. The lowest BCUT2D eigenvalue weighted by Gasteiger charge is -2.10. The van der Waals surface area contributed by atoms with Crippen molar-refractivity contribution in [2.75, 3.05) is 6.26 Å². The van der Waals surface area contributed by atoms with Crippen LogP contribution in [0.15, 0.2) is 58.4 Å². The van der Waals surface area contributed by atoms with Crippen LogP contribution >= 0.6 is 23.2 Å². The van der Waals surface area contributed by atoms with E-state index in [1.807, 2.05) is 6.07 Å². The number of hydrogen-bond donors (Lipinski definition) is 1. The van der Waals surface area contributed by atoms with Gasteiger partial charge in [-0.25, -0.2) is 0 Å². The van der Waals surface area contributed by atoms with E-state index in [0.29, 0.717) is 32.7 Å². The Morgan fingerprint density at radius 3 is 2.33 bits per heavy atom. The van der Waals surface area contributed by atoms with E-state index in [0.717, 1.165) is 0 Å². The average molecular weight is 419 g/mol. The number of pyridine rings is 1. The Hall–Kier alpha value is -2.59. The first-order valence-electron chi connectivity index (χ1n) is 7.63. The Bertz CT molecular complexity index is 1140. The number of nitrogens with one attached hydrogen (secondary N) is 1. The smallest absolute Gasteiger partial charge is 0.267 e. The van der Waals surface area contributed by atoms with Crippen molar-refractivity contribution in [1.82, 2.24) is 4.98 Å². The molecule has 0 saturated carbocycles. The van der Waals surface area contributed by atoms with Gasteiger partial charge < -0.3 is 9.72 Å². The molecule has 0 bridgehead atoms. The summed E-state index contributed by atoms with van der Waals surface area (Å²) in [5.41, 5.74) is 0.498. The number of nitrogens with zero attached hydrogens (tertiary/aromatic N) is 1. The summed E-state index contributed by atoms with van der Waals surface area (Å²) in [5.74, 6) is 1.09. The van der Waals surface area contributed by atoms with E-state index in [-0.39, 0.29) is 10.5 Å². The molecule has 0 amide bonds. The first kappa shape index (κ1) is 19.2. The zero-order chi connectivity index (χ0) is 19.6. The Balaban J connectivity index is 1.96. The van der Waals surface area contributed by atoms with E-state index >= 15 is 0 Å². The summed E-state index contributed by atoms with van der Waals surface area (Å²) in [6.45, 7) is 0. The van der Waals surface area contributed by atoms with Gasteiger partial charge in [0.2, 0.25) is 0 Å². The molecule has 0 aliphatic rings. The van der Waals surface area contributed by atoms with Crippen LogP contribution in [0, 0.1) is 11.3 Å². The van der Waals surface area contributed by atoms with E-state index in [2.05, 4.69) is 4.98 Å². The summed E-state index contributed by atoms with van der Waals surface area (Å²) in [7, 11) is -1.51. The SMILES string of the molecule is CS(=O)c1c(-c2ccc(Oc3ccc(Cl)c(Cl)c3)cc2)c[nH]c(=O)c1C#N. The van der Waals surface area contributed by atoms with Crippen molar-refractivity contribution in [3.05, 3.63) is 74.6 Å². The third-order valence-electron chi connectivity index (χ3n) is 3.74. The van der Waals surface area contributed by atoms with Crippen LogP contribution < -0.4 is 10.3 Å². The van der Waals surface area contributed by atoms with Gasteiger partial charge in [0.1, 0.15) is 23.1 Å². The van der Waals surface area contributed by atoms with Crippen molar-refractivity contribution >= 4 is 34.0 Å². The number of halogens is 2. The molecule has 1 unspecified atom stereocenters. The third-order valence-corrected chi connectivity index (χ3v) is 5.48. The second-order valence-corrected chi connectivity index (χ2v) is 7.63. The number of hydrogen-bond acceptors (Lipinski definition) is 4. The molecule has 0 aliphatic carbocycles. The molecule has 0 spiro atoms. The highest BCUT2D eigenvalue weighted by Gasteiger charge is 2.17. The van der Waals surface area contributed by atoms with Crippen LogP contribution in [-0.4, -0.2) is 15.4 Å². The van der Waals surface area contributed by atoms with Gasteiger partial charge in [-0.05, 0) is 29.8 Å². The number of aromatic nitrogens is 1. The zero-order valence-corrected chi connectivity index (χ0v) is 16.3. The number of nitriles is 1. The molecule has 136 valence electrons. The monoisotopic (exact) mass is 418 g/mol. The van der Waals surface area contributed by atoms with Crippen molar-refractivity contribution in [1.29, 1.82) is 5.26 Å². The Kier molecular flexibility index (Phi) is 5.66. The zero-order valence-electron chi connectivity index (χ0n) is 14.0. The third kappa shape index (κ3) is 4.06. The van der Waals surface area contributed by atoms with Gasteiger partial charge in [0.15, 0.2) is 0 Å². The maximum absolute atomic E-state index is 12.1. The fourth-order valence-electron chi connectivity index (χ4n) is 2.51. The fourth-order valence-corrected chi connectivity index (χ4v) is 3.71. The van der Waals surface area contributed by atoms with E-state index < -0.39 is 16.4 Å². The van der Waals surface area contributed by atoms with Gasteiger partial charge in [-0.3, -0.25) is 9.00 Å². The molecule has 27 heavy (non-hydrogen) atoms. The molecule has 5 nitrogen and oxygen atoms in total. The molecule has 8 heteroatoms. The highest BCUT2D eigenvalue weighted by atomic mass is 35.5. The molecule has 1 aromatic heterocycles. The van der Waals surface area contributed by atoms with Crippen molar-refractivity contribution < 1.29 is 8.95 Å². The van der Waals surface area contributed by atoms with Gasteiger partial charge >= 0.3 is 0 Å². The summed E-state index contributed by atoms with van der Waals surface area (Å²) in [5, 5.41) is 10.0. The van der Waals surface area contributed by atoms with Gasteiger partial charge in [-0.2, -0.15) is 5.26 Å². The number of ether oxygens (including phenoxy) is 1. The maximum atomic E-state index is 12.1. The molecule has 1 N–H and O–H groups in total. The topological polar surface area (TPSA) is 83.0 Å². The largest absolute Gasteiger partial charge is 0.457 e. The molecule has 0 fully saturated rings. The number of aromatic amines is 1. The molecule has 0 aliphatic heterocycles. The highest BCUT2D eigenvalue weighted by molar-refractivity contribution is 7.84. The van der Waals surface area contributed by atoms with Gasteiger partial charge in [0.25, 0.3) is 5.56 Å². The second kappa shape index (κ2) is 7.97. The van der Waals surface area contributed by atoms with Gasteiger partial charge in [-0.15, -0.1) is 0 Å². The van der Waals surface area contributed by atoms with E-state index in [1.54, 1.807) is 42.5 Å². The van der Waals surface area contributed by atoms with Crippen LogP contribution in [-0.2, 0) is 10.8 Å². The second-order valence-electron chi connectivity index (χ2n) is 5.50. The van der Waals surface area contributed by atoms with E-state index in [9.17, 15) is 14.3 Å². The standard InChI is InChI=1S/C19H12Cl2N2O3S/c1-27(25)18-14(9-22)19(24)23-10-15(18)11-2-4-12(5-3-11)26-13-6-7-16(20)17(21)8-13/h2-8,10H,1H3,(H,23,24). The molecular weight excluding hydrogens is 407 g/mol. The lowest BCUT2D eigenvalue weighted by atomic mass is 10.1. The van der Waals surface area contributed by atoms with Crippen molar-refractivity contribution in [3.63, 3.8) is 0 Å².